The summed E-state index contributed by atoms with van der Waals surface area (Å²) in [6.07, 6.45) is 6.54. The van der Waals surface area contributed by atoms with Crippen LogP contribution in [0.4, 0.5) is 5.69 Å². The van der Waals surface area contributed by atoms with Crippen LogP contribution >= 0.6 is 0 Å². The van der Waals surface area contributed by atoms with Crippen molar-refractivity contribution in [3.05, 3.63) is 53.6 Å². The Morgan fingerprint density at radius 3 is 2.61 bits per heavy atom. The Bertz CT molecular complexity index is 1030. The van der Waals surface area contributed by atoms with Gasteiger partial charge < -0.3 is 20.5 Å². The van der Waals surface area contributed by atoms with Gasteiger partial charge in [-0.3, -0.25) is 14.4 Å². The van der Waals surface area contributed by atoms with Gasteiger partial charge in [-0.2, -0.15) is 5.10 Å². The number of nitrogens with zero attached hydrogens (tertiary/aromatic N) is 1. The third-order valence-corrected chi connectivity index (χ3v) is 5.23. The number of hydrogen-bond donors (Lipinski definition) is 4. The highest BCUT2D eigenvalue weighted by atomic mass is 16.5. The molecule has 0 aromatic heterocycles. The molecule has 2 aromatic rings. The van der Waals surface area contributed by atoms with Crippen molar-refractivity contribution in [3.8, 4) is 11.5 Å². The maximum atomic E-state index is 12.7. The average molecular weight is 453 g/mol. The molecule has 0 radical (unpaired) electrons. The van der Waals surface area contributed by atoms with Crippen LogP contribution in [0.2, 0.25) is 0 Å². The number of carbonyl (C=O) groups is 3. The van der Waals surface area contributed by atoms with Crippen molar-refractivity contribution in [2.45, 2.75) is 45.1 Å². The van der Waals surface area contributed by atoms with Crippen LogP contribution < -0.4 is 20.8 Å². The number of nitrogens with one attached hydrogen (secondary N) is 3. The van der Waals surface area contributed by atoms with Crippen LogP contribution in [0.25, 0.3) is 0 Å². The molecule has 1 aliphatic carbocycles. The number of carbonyl (C=O) groups excluding carboxylic acids is 3. The third-order valence-electron chi connectivity index (χ3n) is 5.23. The number of benzene rings is 2. The van der Waals surface area contributed by atoms with E-state index in [0.717, 1.165) is 25.7 Å². The van der Waals surface area contributed by atoms with Crippen LogP contribution in [0.5, 0.6) is 11.5 Å². The van der Waals surface area contributed by atoms with Crippen LogP contribution in [-0.4, -0.2) is 41.7 Å². The fraction of sp³-hybridized carbons (Fsp3) is 0.333. The lowest BCUT2D eigenvalue weighted by molar-refractivity contribution is -0.136. The van der Waals surface area contributed by atoms with Crippen LogP contribution in [0.15, 0.2) is 47.6 Å². The maximum Gasteiger partial charge on any atom is 0.329 e. The Kier molecular flexibility index (Phi) is 8.40. The monoisotopic (exact) mass is 452 g/mol. The lowest BCUT2D eigenvalue weighted by Crippen LogP contribution is -2.37. The molecule has 1 fully saturated rings. The molecule has 9 heteroatoms. The predicted octanol–water partition coefficient (Wildman–Crippen LogP) is 2.94. The lowest BCUT2D eigenvalue weighted by atomic mass is 9.95. The van der Waals surface area contributed by atoms with Crippen LogP contribution in [0.3, 0.4) is 0 Å². The summed E-state index contributed by atoms with van der Waals surface area (Å²) in [7, 11) is 0. The minimum atomic E-state index is -0.988. The van der Waals surface area contributed by atoms with E-state index in [-0.39, 0.29) is 29.1 Å². The molecule has 2 aromatic carbocycles. The topological polar surface area (TPSA) is 129 Å². The second-order valence-corrected chi connectivity index (χ2v) is 7.67. The number of phenols is 1. The van der Waals surface area contributed by atoms with Crippen molar-refractivity contribution in [3.63, 3.8) is 0 Å². The molecule has 9 nitrogen and oxygen atoms in total. The molecule has 4 N–H and O–H groups in total. The molecule has 0 bridgehead atoms. The van der Waals surface area contributed by atoms with Crippen molar-refractivity contribution in [1.29, 1.82) is 0 Å². The molecule has 1 aliphatic rings. The quantitative estimate of drug-likeness (QED) is 0.292. The van der Waals surface area contributed by atoms with Gasteiger partial charge in [-0.25, -0.2) is 5.43 Å². The molecule has 0 atom stereocenters. The highest BCUT2D eigenvalue weighted by molar-refractivity contribution is 6.40. The Morgan fingerprint density at radius 2 is 1.85 bits per heavy atom. The highest BCUT2D eigenvalue weighted by Gasteiger charge is 2.20. The van der Waals surface area contributed by atoms with Gasteiger partial charge in [-0.15, -0.1) is 0 Å². The van der Waals surface area contributed by atoms with Gasteiger partial charge in [0.2, 0.25) is 0 Å². The SMILES string of the molecule is CCOc1cc(C=NNC(=O)C(=O)Nc2ccccc2C(=O)NC2CCCCC2)ccc1O. The fourth-order valence-electron chi connectivity index (χ4n) is 3.58. The zero-order valence-electron chi connectivity index (χ0n) is 18.5. The number of rotatable bonds is 7. The molecule has 3 amide bonds. The summed E-state index contributed by atoms with van der Waals surface area (Å²) in [5.41, 5.74) is 3.24. The second kappa shape index (κ2) is 11.7. The Hall–Kier alpha value is -3.88. The normalized spacial score (nSPS) is 14.0. The number of anilines is 1. The fourth-order valence-corrected chi connectivity index (χ4v) is 3.58. The average Bonchev–Trinajstić information content (AvgIpc) is 2.82. The van der Waals surface area contributed by atoms with Crippen molar-refractivity contribution >= 4 is 29.6 Å². The van der Waals surface area contributed by atoms with E-state index in [4.69, 9.17) is 4.74 Å². The second-order valence-electron chi connectivity index (χ2n) is 7.67. The molecular formula is C24H28N4O5. The molecule has 0 aliphatic heterocycles. The molecule has 3 rings (SSSR count). The van der Waals surface area contributed by atoms with E-state index in [0.29, 0.717) is 17.7 Å². The van der Waals surface area contributed by atoms with E-state index < -0.39 is 11.8 Å². The zero-order valence-corrected chi connectivity index (χ0v) is 18.5. The Morgan fingerprint density at radius 1 is 1.09 bits per heavy atom. The Balaban J connectivity index is 1.58. The molecule has 1 saturated carbocycles. The van der Waals surface area contributed by atoms with E-state index in [1.807, 2.05) is 0 Å². The molecule has 33 heavy (non-hydrogen) atoms. The lowest BCUT2D eigenvalue weighted by Gasteiger charge is -2.23. The van der Waals surface area contributed by atoms with Crippen molar-refractivity contribution in [2.75, 3.05) is 11.9 Å². The smallest absolute Gasteiger partial charge is 0.329 e. The number of ether oxygens (including phenoxy) is 1. The van der Waals surface area contributed by atoms with Crippen molar-refractivity contribution in [1.82, 2.24) is 10.7 Å². The molecule has 0 spiro atoms. The molecule has 0 heterocycles. The van der Waals surface area contributed by atoms with Crippen molar-refractivity contribution < 1.29 is 24.2 Å². The molecular weight excluding hydrogens is 424 g/mol. The summed E-state index contributed by atoms with van der Waals surface area (Å²) in [5, 5.41) is 19.0. The van der Waals surface area contributed by atoms with Gasteiger partial charge in [0.05, 0.1) is 24.1 Å². The van der Waals surface area contributed by atoms with Gasteiger partial charge in [0.25, 0.3) is 5.91 Å². The Labute approximate surface area is 192 Å². The van der Waals surface area contributed by atoms with Gasteiger partial charge >= 0.3 is 11.8 Å². The highest BCUT2D eigenvalue weighted by Crippen LogP contribution is 2.26. The maximum absolute atomic E-state index is 12.7. The van der Waals surface area contributed by atoms with Gasteiger partial charge in [-0.1, -0.05) is 31.4 Å². The van der Waals surface area contributed by atoms with E-state index >= 15 is 0 Å². The molecule has 174 valence electrons. The minimum Gasteiger partial charge on any atom is -0.504 e. The summed E-state index contributed by atoms with van der Waals surface area (Å²) >= 11 is 0. The van der Waals surface area contributed by atoms with Gasteiger partial charge in [0, 0.05) is 6.04 Å². The number of amides is 3. The van der Waals surface area contributed by atoms with E-state index in [9.17, 15) is 19.5 Å². The third kappa shape index (κ3) is 6.80. The van der Waals surface area contributed by atoms with Crippen molar-refractivity contribution in [2.24, 2.45) is 5.10 Å². The predicted molar refractivity (Wildman–Crippen MR) is 124 cm³/mol. The van der Waals surface area contributed by atoms with E-state index in [1.54, 1.807) is 43.3 Å². The first-order valence-electron chi connectivity index (χ1n) is 11.0. The molecule has 0 unspecified atom stereocenters. The first-order chi connectivity index (χ1) is 16.0. The number of hydrogen-bond acceptors (Lipinski definition) is 6. The van der Waals surface area contributed by atoms with E-state index in [1.165, 1.54) is 18.7 Å². The summed E-state index contributed by atoms with van der Waals surface area (Å²) in [4.78, 5) is 37.2. The summed E-state index contributed by atoms with van der Waals surface area (Å²) in [6.45, 7) is 2.17. The number of phenolic OH excluding ortho intramolecular Hbond substituents is 1. The van der Waals surface area contributed by atoms with Crippen LogP contribution in [-0.2, 0) is 9.59 Å². The zero-order chi connectivity index (χ0) is 23.6. The number of aromatic hydroxyl groups is 1. The van der Waals surface area contributed by atoms with E-state index in [2.05, 4.69) is 21.2 Å². The first-order valence-corrected chi connectivity index (χ1v) is 11.0. The van der Waals surface area contributed by atoms with Crippen LogP contribution in [0.1, 0.15) is 54.9 Å². The van der Waals surface area contributed by atoms with Gasteiger partial charge in [0.1, 0.15) is 0 Å². The summed E-state index contributed by atoms with van der Waals surface area (Å²) in [6, 6.07) is 11.2. The van der Waals surface area contributed by atoms with Gasteiger partial charge in [0.15, 0.2) is 11.5 Å². The van der Waals surface area contributed by atoms with Crippen LogP contribution in [0, 0.1) is 0 Å². The first kappa shape index (κ1) is 23.8. The summed E-state index contributed by atoms with van der Waals surface area (Å²) < 4.78 is 5.29. The standard InChI is InChI=1S/C24H28N4O5/c1-2-33-21-14-16(12-13-20(21)29)15-25-28-24(32)23(31)27-19-11-7-6-10-18(19)22(30)26-17-8-4-3-5-9-17/h6-7,10-15,17,29H,2-5,8-9H2,1H3,(H,26,30)(H,27,31)(H,28,32). The van der Waals surface area contributed by atoms with Gasteiger partial charge in [-0.05, 0) is 55.7 Å². The minimum absolute atomic E-state index is 0.0106. The number of para-hydroxylation sites is 1. The largest absolute Gasteiger partial charge is 0.504 e. The summed E-state index contributed by atoms with van der Waals surface area (Å²) in [5.74, 6) is -1.95. The number of hydrazone groups is 1. The molecule has 0 saturated heterocycles.